The number of amides is 1. The van der Waals surface area contributed by atoms with Gasteiger partial charge in [0.15, 0.2) is 9.84 Å². The van der Waals surface area contributed by atoms with Gasteiger partial charge >= 0.3 is 0 Å². The van der Waals surface area contributed by atoms with Gasteiger partial charge in [-0.05, 0) is 47.9 Å². The van der Waals surface area contributed by atoms with E-state index in [0.29, 0.717) is 48.6 Å². The van der Waals surface area contributed by atoms with E-state index in [1.807, 2.05) is 35.2 Å². The minimum Gasteiger partial charge on any atom is -0.389 e. The third-order valence-corrected chi connectivity index (χ3v) is 7.21. The molecule has 0 bridgehead atoms. The van der Waals surface area contributed by atoms with Gasteiger partial charge in [0.05, 0.1) is 16.7 Å². The van der Waals surface area contributed by atoms with E-state index in [-0.39, 0.29) is 10.8 Å². The summed E-state index contributed by atoms with van der Waals surface area (Å²) in [7, 11) is -3.49. The largest absolute Gasteiger partial charge is 0.389 e. The van der Waals surface area contributed by atoms with Gasteiger partial charge in [-0.15, -0.1) is 0 Å². The van der Waals surface area contributed by atoms with Gasteiger partial charge in [0.1, 0.15) is 5.82 Å². The summed E-state index contributed by atoms with van der Waals surface area (Å²) >= 11 is 0. The number of benzene rings is 3. The highest BCUT2D eigenvalue weighted by molar-refractivity contribution is 7.90. The SMILES string of the molecule is CC(O)c1ccc(N2CCN(C(=O)c3cc(S(C)(=O)=O)ccc3-c3ccccc3)CC2)c(F)c1. The normalized spacial score (nSPS) is 15.3. The Labute approximate surface area is 199 Å². The zero-order valence-electron chi connectivity index (χ0n) is 19.1. The molecule has 1 unspecified atom stereocenters. The van der Waals surface area contributed by atoms with Crippen molar-refractivity contribution in [1.82, 2.24) is 4.90 Å². The topological polar surface area (TPSA) is 77.9 Å². The van der Waals surface area contributed by atoms with Crippen LogP contribution in [0.3, 0.4) is 0 Å². The van der Waals surface area contributed by atoms with Gasteiger partial charge in [-0.25, -0.2) is 12.8 Å². The van der Waals surface area contributed by atoms with E-state index in [4.69, 9.17) is 0 Å². The van der Waals surface area contributed by atoms with Crippen molar-refractivity contribution >= 4 is 21.4 Å². The summed E-state index contributed by atoms with van der Waals surface area (Å²) in [5.74, 6) is -0.667. The second-order valence-corrected chi connectivity index (χ2v) is 10.5. The van der Waals surface area contributed by atoms with E-state index < -0.39 is 21.8 Å². The molecular formula is C26H27FN2O4S. The number of aliphatic hydroxyl groups excluding tert-OH is 1. The lowest BCUT2D eigenvalue weighted by Gasteiger charge is -2.36. The van der Waals surface area contributed by atoms with Gasteiger partial charge in [0.25, 0.3) is 5.91 Å². The van der Waals surface area contributed by atoms with Crippen molar-refractivity contribution in [3.63, 3.8) is 0 Å². The van der Waals surface area contributed by atoms with Crippen LogP contribution in [0.5, 0.6) is 0 Å². The standard InChI is InChI=1S/C26H27FN2O4S/c1-18(30)20-8-11-25(24(27)16-20)28-12-14-29(15-13-28)26(31)23-17-21(34(2,32)33)9-10-22(23)19-6-4-3-5-7-19/h3-11,16-18,30H,12-15H2,1-2H3. The molecule has 1 fully saturated rings. The number of halogens is 1. The van der Waals surface area contributed by atoms with Crippen LogP contribution in [0.15, 0.2) is 71.6 Å². The van der Waals surface area contributed by atoms with Crippen LogP contribution in [0.25, 0.3) is 11.1 Å². The summed E-state index contributed by atoms with van der Waals surface area (Å²) in [6.07, 6.45) is 0.370. The van der Waals surface area contributed by atoms with Crippen molar-refractivity contribution < 1.29 is 22.7 Å². The smallest absolute Gasteiger partial charge is 0.254 e. The van der Waals surface area contributed by atoms with Gasteiger partial charge in [-0.1, -0.05) is 42.5 Å². The third kappa shape index (κ3) is 4.98. The molecule has 0 aliphatic carbocycles. The van der Waals surface area contributed by atoms with Crippen LogP contribution in [0.1, 0.15) is 28.9 Å². The minimum atomic E-state index is -3.49. The van der Waals surface area contributed by atoms with Crippen molar-refractivity contribution in [3.8, 4) is 11.1 Å². The fourth-order valence-corrected chi connectivity index (χ4v) is 4.81. The van der Waals surface area contributed by atoms with Crippen LogP contribution >= 0.6 is 0 Å². The molecule has 34 heavy (non-hydrogen) atoms. The Balaban J connectivity index is 1.58. The molecule has 1 heterocycles. The predicted octanol–water partition coefficient (Wildman–Crippen LogP) is 3.91. The monoisotopic (exact) mass is 482 g/mol. The van der Waals surface area contributed by atoms with Gasteiger partial charge in [0.2, 0.25) is 0 Å². The van der Waals surface area contributed by atoms with Gasteiger partial charge in [-0.3, -0.25) is 4.79 Å². The van der Waals surface area contributed by atoms with E-state index in [9.17, 15) is 22.7 Å². The second-order valence-electron chi connectivity index (χ2n) is 8.51. The number of hydrogen-bond acceptors (Lipinski definition) is 5. The molecule has 4 rings (SSSR count). The minimum absolute atomic E-state index is 0.0921. The summed E-state index contributed by atoms with van der Waals surface area (Å²) in [6.45, 7) is 3.19. The fourth-order valence-electron chi connectivity index (χ4n) is 4.16. The molecule has 1 N–H and O–H groups in total. The van der Waals surface area contributed by atoms with Crippen LogP contribution in [0.2, 0.25) is 0 Å². The first-order valence-electron chi connectivity index (χ1n) is 11.1. The second kappa shape index (κ2) is 9.56. The average Bonchev–Trinajstić information content (AvgIpc) is 2.83. The number of aliphatic hydroxyl groups is 1. The number of piperazine rings is 1. The Kier molecular flexibility index (Phi) is 6.72. The maximum Gasteiger partial charge on any atom is 0.254 e. The molecule has 0 saturated carbocycles. The number of anilines is 1. The highest BCUT2D eigenvalue weighted by Crippen LogP contribution is 2.29. The predicted molar refractivity (Wildman–Crippen MR) is 130 cm³/mol. The molecular weight excluding hydrogens is 455 g/mol. The molecule has 0 aromatic heterocycles. The maximum absolute atomic E-state index is 14.6. The van der Waals surface area contributed by atoms with E-state index in [1.54, 1.807) is 30.0 Å². The Morgan fingerprint density at radius 3 is 2.24 bits per heavy atom. The van der Waals surface area contributed by atoms with E-state index >= 15 is 0 Å². The van der Waals surface area contributed by atoms with Crippen LogP contribution in [-0.2, 0) is 9.84 Å². The molecule has 0 radical (unpaired) electrons. The third-order valence-electron chi connectivity index (χ3n) is 6.10. The van der Waals surface area contributed by atoms with Crippen molar-refractivity contribution in [2.24, 2.45) is 0 Å². The van der Waals surface area contributed by atoms with Crippen LogP contribution in [-0.4, -0.2) is 56.8 Å². The number of hydrogen-bond donors (Lipinski definition) is 1. The summed E-state index contributed by atoms with van der Waals surface area (Å²) in [4.78, 5) is 17.1. The van der Waals surface area contributed by atoms with Gasteiger partial charge in [-0.2, -0.15) is 0 Å². The quantitative estimate of drug-likeness (QED) is 0.597. The first-order valence-corrected chi connectivity index (χ1v) is 13.0. The lowest BCUT2D eigenvalue weighted by molar-refractivity contribution is 0.0747. The Bertz CT molecular complexity index is 1300. The highest BCUT2D eigenvalue weighted by Gasteiger charge is 2.26. The van der Waals surface area contributed by atoms with Crippen molar-refractivity contribution in [3.05, 3.63) is 83.7 Å². The Morgan fingerprint density at radius 2 is 1.65 bits per heavy atom. The molecule has 1 aliphatic heterocycles. The Hall–Kier alpha value is -3.23. The molecule has 3 aromatic rings. The maximum atomic E-state index is 14.6. The summed E-state index contributed by atoms with van der Waals surface area (Å²) in [6, 6.07) is 18.7. The van der Waals surface area contributed by atoms with E-state index in [0.717, 1.165) is 11.8 Å². The van der Waals surface area contributed by atoms with Gasteiger partial charge < -0.3 is 14.9 Å². The number of sulfone groups is 1. The molecule has 6 nitrogen and oxygen atoms in total. The average molecular weight is 483 g/mol. The number of carbonyl (C=O) groups is 1. The number of rotatable bonds is 5. The molecule has 1 saturated heterocycles. The molecule has 8 heteroatoms. The zero-order chi connectivity index (χ0) is 24.5. The molecule has 1 aliphatic rings. The first kappa shape index (κ1) is 23.9. The van der Waals surface area contributed by atoms with Crippen molar-refractivity contribution in [2.45, 2.75) is 17.9 Å². The number of carbonyl (C=O) groups excluding carboxylic acids is 1. The van der Waals surface area contributed by atoms with Crippen LogP contribution in [0.4, 0.5) is 10.1 Å². The van der Waals surface area contributed by atoms with E-state index in [2.05, 4.69) is 0 Å². The van der Waals surface area contributed by atoms with Crippen LogP contribution in [0, 0.1) is 5.82 Å². The summed E-state index contributed by atoms with van der Waals surface area (Å²) < 4.78 is 38.9. The molecule has 1 atom stereocenters. The zero-order valence-corrected chi connectivity index (χ0v) is 19.9. The summed E-state index contributed by atoms with van der Waals surface area (Å²) in [5.41, 5.74) is 2.76. The Morgan fingerprint density at radius 1 is 0.971 bits per heavy atom. The lowest BCUT2D eigenvalue weighted by atomic mass is 9.98. The number of nitrogens with zero attached hydrogens (tertiary/aromatic N) is 2. The van der Waals surface area contributed by atoms with Crippen molar-refractivity contribution in [1.29, 1.82) is 0 Å². The molecule has 178 valence electrons. The first-order chi connectivity index (χ1) is 16.1. The molecule has 1 amide bonds. The molecule has 0 spiro atoms. The molecule has 3 aromatic carbocycles. The lowest BCUT2D eigenvalue weighted by Crippen LogP contribution is -2.49. The van der Waals surface area contributed by atoms with Gasteiger partial charge in [0, 0.05) is 38.0 Å². The van der Waals surface area contributed by atoms with Crippen molar-refractivity contribution in [2.75, 3.05) is 37.3 Å². The fraction of sp³-hybridized carbons (Fsp3) is 0.269. The highest BCUT2D eigenvalue weighted by atomic mass is 32.2. The van der Waals surface area contributed by atoms with Crippen LogP contribution < -0.4 is 4.90 Å². The van der Waals surface area contributed by atoms with E-state index in [1.165, 1.54) is 18.2 Å². The summed E-state index contributed by atoms with van der Waals surface area (Å²) in [5, 5.41) is 9.67.